The van der Waals surface area contributed by atoms with Crippen LogP contribution >= 0.6 is 0 Å². The number of fused-ring (bicyclic) bond motifs is 1. The van der Waals surface area contributed by atoms with Crippen LogP contribution in [-0.2, 0) is 16.1 Å². The molecule has 1 aromatic heterocycles. The Morgan fingerprint density at radius 2 is 2.20 bits per heavy atom. The van der Waals surface area contributed by atoms with Gasteiger partial charge in [-0.25, -0.2) is 0 Å². The average Bonchev–Trinajstić information content (AvgIpc) is 2.47. The molecule has 2 aromatic rings. The zero-order valence-corrected chi connectivity index (χ0v) is 11.2. The number of carbonyl (C=O) groups excluding carboxylic acids is 1. The number of primary amides is 1. The summed E-state index contributed by atoms with van der Waals surface area (Å²) in [6.45, 7) is 2.56. The first-order valence-electron chi connectivity index (χ1n) is 6.70. The van der Waals surface area contributed by atoms with E-state index >= 15 is 0 Å². The molecule has 1 aliphatic heterocycles. The average molecular weight is 271 g/mol. The number of carbonyl (C=O) groups is 1. The molecular weight excluding hydrogens is 254 g/mol. The fraction of sp³-hybridized carbons (Fsp3) is 0.333. The molecular formula is C15H17N3O2. The number of morpholine rings is 1. The van der Waals surface area contributed by atoms with Crippen LogP contribution in [0.25, 0.3) is 10.9 Å². The van der Waals surface area contributed by atoms with E-state index in [1.165, 1.54) is 0 Å². The molecule has 2 heterocycles. The van der Waals surface area contributed by atoms with E-state index in [4.69, 9.17) is 10.5 Å². The third-order valence-electron chi connectivity index (χ3n) is 3.51. The quantitative estimate of drug-likeness (QED) is 0.901. The highest BCUT2D eigenvalue weighted by atomic mass is 16.5. The molecule has 0 spiro atoms. The molecule has 1 unspecified atom stereocenters. The highest BCUT2D eigenvalue weighted by molar-refractivity contribution is 5.79. The lowest BCUT2D eigenvalue weighted by Gasteiger charge is -2.30. The maximum absolute atomic E-state index is 11.2. The molecule has 1 fully saturated rings. The second-order valence-electron chi connectivity index (χ2n) is 4.99. The Labute approximate surface area is 117 Å². The van der Waals surface area contributed by atoms with Gasteiger partial charge in [-0.15, -0.1) is 0 Å². The summed E-state index contributed by atoms with van der Waals surface area (Å²) < 4.78 is 5.34. The van der Waals surface area contributed by atoms with E-state index in [1.807, 2.05) is 30.3 Å². The van der Waals surface area contributed by atoms with Crippen LogP contribution < -0.4 is 5.73 Å². The summed E-state index contributed by atoms with van der Waals surface area (Å²) in [5, 5.41) is 1.13. The molecule has 0 saturated carbocycles. The van der Waals surface area contributed by atoms with Gasteiger partial charge in [0.25, 0.3) is 0 Å². The van der Waals surface area contributed by atoms with Crippen molar-refractivity contribution in [2.24, 2.45) is 5.73 Å². The number of hydrogen-bond donors (Lipinski definition) is 1. The monoisotopic (exact) mass is 271 g/mol. The lowest BCUT2D eigenvalue weighted by Crippen LogP contribution is -2.48. The summed E-state index contributed by atoms with van der Waals surface area (Å²) in [5.74, 6) is -0.402. The van der Waals surface area contributed by atoms with Crippen molar-refractivity contribution in [3.05, 3.63) is 42.1 Å². The van der Waals surface area contributed by atoms with E-state index in [0.717, 1.165) is 23.1 Å². The number of ether oxygens (including phenoxy) is 1. The number of para-hydroxylation sites is 1. The van der Waals surface area contributed by atoms with Crippen molar-refractivity contribution < 1.29 is 9.53 Å². The Morgan fingerprint density at radius 3 is 3.05 bits per heavy atom. The maximum atomic E-state index is 11.2. The van der Waals surface area contributed by atoms with Gasteiger partial charge in [0.05, 0.1) is 17.8 Å². The normalized spacial score (nSPS) is 20.1. The Bertz CT molecular complexity index is 629. The zero-order chi connectivity index (χ0) is 13.9. The molecule has 1 aliphatic rings. The Morgan fingerprint density at radius 1 is 1.35 bits per heavy atom. The predicted octanol–water partition coefficient (Wildman–Crippen LogP) is 0.921. The number of hydrogen-bond acceptors (Lipinski definition) is 4. The molecule has 104 valence electrons. The molecule has 5 nitrogen and oxygen atoms in total. The van der Waals surface area contributed by atoms with Crippen LogP contribution in [0.1, 0.15) is 5.69 Å². The third-order valence-corrected chi connectivity index (χ3v) is 3.51. The summed E-state index contributed by atoms with van der Waals surface area (Å²) in [4.78, 5) is 18.0. The SMILES string of the molecule is NC(=O)C1CN(Cc2ccc3ccccc3n2)CCO1. The van der Waals surface area contributed by atoms with E-state index in [9.17, 15) is 4.79 Å². The molecule has 2 N–H and O–H groups in total. The van der Waals surface area contributed by atoms with E-state index in [-0.39, 0.29) is 0 Å². The number of nitrogens with zero attached hydrogens (tertiary/aromatic N) is 2. The van der Waals surface area contributed by atoms with Crippen LogP contribution in [-0.4, -0.2) is 41.6 Å². The van der Waals surface area contributed by atoms with Gasteiger partial charge in [0, 0.05) is 25.0 Å². The van der Waals surface area contributed by atoms with Gasteiger partial charge in [-0.1, -0.05) is 24.3 Å². The summed E-state index contributed by atoms with van der Waals surface area (Å²) in [6.07, 6.45) is -0.510. The Hall–Kier alpha value is -1.98. The van der Waals surface area contributed by atoms with Crippen molar-refractivity contribution in [2.75, 3.05) is 19.7 Å². The van der Waals surface area contributed by atoms with E-state index in [0.29, 0.717) is 19.7 Å². The van der Waals surface area contributed by atoms with Crippen LogP contribution in [0.4, 0.5) is 0 Å². The first kappa shape index (κ1) is 13.0. The topological polar surface area (TPSA) is 68.5 Å². The number of amides is 1. The highest BCUT2D eigenvalue weighted by Crippen LogP contribution is 2.14. The van der Waals surface area contributed by atoms with E-state index < -0.39 is 12.0 Å². The largest absolute Gasteiger partial charge is 0.367 e. The van der Waals surface area contributed by atoms with Gasteiger partial charge >= 0.3 is 0 Å². The number of nitrogens with two attached hydrogens (primary N) is 1. The molecule has 20 heavy (non-hydrogen) atoms. The zero-order valence-electron chi connectivity index (χ0n) is 11.2. The van der Waals surface area contributed by atoms with Crippen LogP contribution in [0.3, 0.4) is 0 Å². The third kappa shape index (κ3) is 2.79. The smallest absolute Gasteiger partial charge is 0.247 e. The minimum Gasteiger partial charge on any atom is -0.367 e. The molecule has 5 heteroatoms. The maximum Gasteiger partial charge on any atom is 0.247 e. The first-order chi connectivity index (χ1) is 9.72. The summed E-state index contributed by atoms with van der Waals surface area (Å²) in [6, 6.07) is 12.1. The number of rotatable bonds is 3. The van der Waals surface area contributed by atoms with Crippen molar-refractivity contribution >= 4 is 16.8 Å². The van der Waals surface area contributed by atoms with E-state index in [1.54, 1.807) is 0 Å². The summed E-state index contributed by atoms with van der Waals surface area (Å²) in [5.41, 5.74) is 7.28. The van der Waals surface area contributed by atoms with Crippen LogP contribution in [0.5, 0.6) is 0 Å². The molecule has 1 saturated heterocycles. The lowest BCUT2D eigenvalue weighted by atomic mass is 10.2. The predicted molar refractivity (Wildman–Crippen MR) is 76.0 cm³/mol. The standard InChI is InChI=1S/C15H17N3O2/c16-15(19)14-10-18(7-8-20-14)9-12-6-5-11-3-1-2-4-13(11)17-12/h1-6,14H,7-10H2,(H2,16,19). The molecule has 0 radical (unpaired) electrons. The van der Waals surface area contributed by atoms with Gasteiger partial charge in [0.1, 0.15) is 6.10 Å². The number of benzene rings is 1. The summed E-state index contributed by atoms with van der Waals surface area (Å²) >= 11 is 0. The van der Waals surface area contributed by atoms with Crippen molar-refractivity contribution in [1.29, 1.82) is 0 Å². The number of aromatic nitrogens is 1. The molecule has 1 aromatic carbocycles. The molecule has 3 rings (SSSR count). The van der Waals surface area contributed by atoms with Crippen molar-refractivity contribution in [3.63, 3.8) is 0 Å². The first-order valence-corrected chi connectivity index (χ1v) is 6.70. The lowest BCUT2D eigenvalue weighted by molar-refractivity contribution is -0.135. The number of pyridine rings is 1. The second-order valence-corrected chi connectivity index (χ2v) is 4.99. The van der Waals surface area contributed by atoms with Gasteiger partial charge in [0.15, 0.2) is 0 Å². The van der Waals surface area contributed by atoms with Crippen molar-refractivity contribution in [1.82, 2.24) is 9.88 Å². The highest BCUT2D eigenvalue weighted by Gasteiger charge is 2.24. The fourth-order valence-electron chi connectivity index (χ4n) is 2.44. The van der Waals surface area contributed by atoms with Crippen LogP contribution in [0.2, 0.25) is 0 Å². The molecule has 1 atom stereocenters. The van der Waals surface area contributed by atoms with Gasteiger partial charge < -0.3 is 10.5 Å². The van der Waals surface area contributed by atoms with Gasteiger partial charge in [-0.2, -0.15) is 0 Å². The van der Waals surface area contributed by atoms with E-state index in [2.05, 4.69) is 16.0 Å². The van der Waals surface area contributed by atoms with Gasteiger partial charge in [-0.3, -0.25) is 14.7 Å². The van der Waals surface area contributed by atoms with Gasteiger partial charge in [-0.05, 0) is 12.1 Å². The Balaban J connectivity index is 1.74. The molecule has 0 bridgehead atoms. The second kappa shape index (κ2) is 5.56. The van der Waals surface area contributed by atoms with Crippen molar-refractivity contribution in [2.45, 2.75) is 12.6 Å². The Kier molecular flexibility index (Phi) is 3.62. The van der Waals surface area contributed by atoms with Gasteiger partial charge in [0.2, 0.25) is 5.91 Å². The van der Waals surface area contributed by atoms with Crippen LogP contribution in [0, 0.1) is 0 Å². The molecule has 0 aliphatic carbocycles. The minimum absolute atomic E-state index is 0.402. The molecule has 1 amide bonds. The van der Waals surface area contributed by atoms with Crippen molar-refractivity contribution in [3.8, 4) is 0 Å². The minimum atomic E-state index is -0.510. The van der Waals surface area contributed by atoms with Crippen LogP contribution in [0.15, 0.2) is 36.4 Å². The summed E-state index contributed by atoms with van der Waals surface area (Å²) in [7, 11) is 0. The fourth-order valence-corrected chi connectivity index (χ4v) is 2.44.